The molecule has 2 aromatic carbocycles. The van der Waals surface area contributed by atoms with E-state index in [-0.39, 0.29) is 22.6 Å². The first kappa shape index (κ1) is 18.8. The summed E-state index contributed by atoms with van der Waals surface area (Å²) < 4.78 is 10.3. The zero-order valence-electron chi connectivity index (χ0n) is 15.0. The normalized spacial score (nSPS) is 10.8. The minimum Gasteiger partial charge on any atom is -0.493 e. The number of benzene rings is 2. The smallest absolute Gasteiger partial charge is 0.281 e. The molecule has 2 rings (SSSR count). The van der Waals surface area contributed by atoms with Crippen LogP contribution >= 0.6 is 0 Å². The van der Waals surface area contributed by atoms with Gasteiger partial charge in [0.15, 0.2) is 11.5 Å². The second-order valence-electron chi connectivity index (χ2n) is 5.64. The number of ether oxygens (including phenoxy) is 2. The third-order valence-corrected chi connectivity index (χ3v) is 3.83. The van der Waals surface area contributed by atoms with E-state index in [1.807, 2.05) is 49.3 Å². The van der Waals surface area contributed by atoms with E-state index in [4.69, 9.17) is 9.47 Å². The molecule has 0 aliphatic carbocycles. The Hall–Kier alpha value is -3.53. The van der Waals surface area contributed by atoms with Gasteiger partial charge in [-0.05, 0) is 29.8 Å². The summed E-state index contributed by atoms with van der Waals surface area (Å²) in [6.45, 7) is 0. The van der Waals surface area contributed by atoms with Crippen LogP contribution in [-0.2, 0) is 0 Å². The third kappa shape index (κ3) is 3.92. The molecule has 134 valence electrons. The topological polar surface area (TPSA) is 88.6 Å². The first-order valence-corrected chi connectivity index (χ1v) is 7.71. The van der Waals surface area contributed by atoms with E-state index in [2.05, 4.69) is 0 Å². The van der Waals surface area contributed by atoms with Gasteiger partial charge in [0.05, 0.1) is 36.3 Å². The predicted molar refractivity (Wildman–Crippen MR) is 100 cm³/mol. The van der Waals surface area contributed by atoms with Crippen molar-refractivity contribution in [3.05, 3.63) is 57.6 Å². The van der Waals surface area contributed by atoms with E-state index >= 15 is 0 Å². The summed E-state index contributed by atoms with van der Waals surface area (Å²) in [6.07, 6.45) is 1.60. The van der Waals surface area contributed by atoms with Crippen LogP contribution in [0.3, 0.4) is 0 Å². The Morgan fingerprint density at radius 2 is 1.73 bits per heavy atom. The maximum absolute atomic E-state index is 11.4. The molecule has 0 fully saturated rings. The molecule has 0 spiro atoms. The van der Waals surface area contributed by atoms with Crippen LogP contribution < -0.4 is 14.4 Å². The van der Waals surface area contributed by atoms with Gasteiger partial charge in [-0.3, -0.25) is 10.1 Å². The van der Waals surface area contributed by atoms with Crippen molar-refractivity contribution in [1.29, 1.82) is 5.26 Å². The molecule has 26 heavy (non-hydrogen) atoms. The number of hydrogen-bond donors (Lipinski definition) is 0. The number of rotatable bonds is 6. The van der Waals surface area contributed by atoms with Gasteiger partial charge in [0.25, 0.3) is 5.69 Å². The summed E-state index contributed by atoms with van der Waals surface area (Å²) in [4.78, 5) is 12.9. The summed E-state index contributed by atoms with van der Waals surface area (Å²) in [6, 6.07) is 12.2. The average molecular weight is 353 g/mol. The fourth-order valence-electron chi connectivity index (χ4n) is 2.44. The molecule has 7 heteroatoms. The molecule has 0 N–H and O–H groups in total. The lowest BCUT2D eigenvalue weighted by molar-refractivity contribution is -0.385. The first-order valence-electron chi connectivity index (χ1n) is 7.71. The van der Waals surface area contributed by atoms with E-state index in [0.29, 0.717) is 5.75 Å². The van der Waals surface area contributed by atoms with Crippen molar-refractivity contribution in [2.45, 2.75) is 0 Å². The summed E-state index contributed by atoms with van der Waals surface area (Å²) in [5, 5.41) is 21.0. The molecule has 0 unspecified atom stereocenters. The number of allylic oxidation sites excluding steroid dienone is 1. The quantitative estimate of drug-likeness (QED) is 0.340. The number of nitriles is 1. The highest BCUT2D eigenvalue weighted by Gasteiger charge is 2.22. The second-order valence-corrected chi connectivity index (χ2v) is 5.64. The maximum Gasteiger partial charge on any atom is 0.281 e. The summed E-state index contributed by atoms with van der Waals surface area (Å²) >= 11 is 0. The second kappa shape index (κ2) is 8.03. The van der Waals surface area contributed by atoms with E-state index in [1.54, 1.807) is 6.08 Å². The fourth-order valence-corrected chi connectivity index (χ4v) is 2.44. The number of hydrogen-bond acceptors (Lipinski definition) is 6. The molecular formula is C19H19N3O4. The van der Waals surface area contributed by atoms with Gasteiger partial charge in [0.2, 0.25) is 0 Å². The lowest BCUT2D eigenvalue weighted by Gasteiger charge is -2.12. The third-order valence-electron chi connectivity index (χ3n) is 3.83. The van der Waals surface area contributed by atoms with Gasteiger partial charge in [0, 0.05) is 19.8 Å². The van der Waals surface area contributed by atoms with Gasteiger partial charge < -0.3 is 14.4 Å². The Balaban J connectivity index is 2.58. The molecule has 0 saturated carbocycles. The highest BCUT2D eigenvalue weighted by molar-refractivity contribution is 5.93. The lowest BCUT2D eigenvalue weighted by Crippen LogP contribution is -2.07. The Morgan fingerprint density at radius 3 is 2.19 bits per heavy atom. The van der Waals surface area contributed by atoms with Gasteiger partial charge in [-0.15, -0.1) is 0 Å². The molecule has 0 atom stereocenters. The SMILES string of the molecule is COc1cc(/C(C#N)=C/c2ccc(N(C)C)cc2)c([N+](=O)[O-])cc1OC. The lowest BCUT2D eigenvalue weighted by atomic mass is 10.0. The zero-order chi connectivity index (χ0) is 19.3. The number of nitro groups is 1. The van der Waals surface area contributed by atoms with Crippen LogP contribution in [0.2, 0.25) is 0 Å². The van der Waals surface area contributed by atoms with Gasteiger partial charge >= 0.3 is 0 Å². The van der Waals surface area contributed by atoms with Crippen molar-refractivity contribution < 1.29 is 14.4 Å². The minimum atomic E-state index is -0.544. The molecule has 2 aromatic rings. The number of nitrogens with zero attached hydrogens (tertiary/aromatic N) is 3. The van der Waals surface area contributed by atoms with Gasteiger partial charge in [-0.2, -0.15) is 5.26 Å². The van der Waals surface area contributed by atoms with E-state index < -0.39 is 4.92 Å². The van der Waals surface area contributed by atoms with Crippen molar-refractivity contribution in [1.82, 2.24) is 0 Å². The van der Waals surface area contributed by atoms with Gasteiger partial charge in [-0.25, -0.2) is 0 Å². The van der Waals surface area contributed by atoms with Crippen LogP contribution in [0, 0.1) is 21.4 Å². The van der Waals surface area contributed by atoms with Crippen molar-refractivity contribution in [3.63, 3.8) is 0 Å². The van der Waals surface area contributed by atoms with E-state index in [1.165, 1.54) is 26.4 Å². The minimum absolute atomic E-state index is 0.162. The van der Waals surface area contributed by atoms with Crippen LogP contribution in [-0.4, -0.2) is 33.2 Å². The van der Waals surface area contributed by atoms with Gasteiger partial charge in [-0.1, -0.05) is 12.1 Å². The van der Waals surface area contributed by atoms with Crippen LogP contribution in [0.15, 0.2) is 36.4 Å². The molecule has 0 aliphatic rings. The molecule has 0 bridgehead atoms. The largest absolute Gasteiger partial charge is 0.493 e. The zero-order valence-corrected chi connectivity index (χ0v) is 15.0. The fraction of sp³-hybridized carbons (Fsp3) is 0.211. The van der Waals surface area contributed by atoms with E-state index in [9.17, 15) is 15.4 Å². The average Bonchev–Trinajstić information content (AvgIpc) is 2.65. The Kier molecular flexibility index (Phi) is 5.81. The summed E-state index contributed by atoms with van der Waals surface area (Å²) in [7, 11) is 6.69. The molecule has 0 aromatic heterocycles. The molecular weight excluding hydrogens is 334 g/mol. The van der Waals surface area contributed by atoms with Crippen molar-refractivity contribution >= 4 is 23.0 Å². The number of anilines is 1. The van der Waals surface area contributed by atoms with Gasteiger partial charge in [0.1, 0.15) is 6.07 Å². The van der Waals surface area contributed by atoms with Crippen molar-refractivity contribution in [2.75, 3.05) is 33.2 Å². The van der Waals surface area contributed by atoms with Crippen molar-refractivity contribution in [2.24, 2.45) is 0 Å². The number of methoxy groups -OCH3 is 2. The summed E-state index contributed by atoms with van der Waals surface area (Å²) in [5.74, 6) is 0.549. The van der Waals surface area contributed by atoms with Crippen LogP contribution in [0.5, 0.6) is 11.5 Å². The molecule has 0 heterocycles. The molecule has 0 saturated heterocycles. The standard InChI is InChI=1S/C19H19N3O4/c1-21(2)15-7-5-13(6-8-15)9-14(12-20)16-10-18(25-3)19(26-4)11-17(16)22(23)24/h5-11H,1-4H3/b14-9+. The highest BCUT2D eigenvalue weighted by atomic mass is 16.6. The number of nitro benzene ring substituents is 1. The monoisotopic (exact) mass is 353 g/mol. The Labute approximate surface area is 151 Å². The van der Waals surface area contributed by atoms with Crippen LogP contribution in [0.25, 0.3) is 11.6 Å². The molecule has 0 aliphatic heterocycles. The summed E-state index contributed by atoms with van der Waals surface area (Å²) in [5.41, 5.74) is 1.89. The first-order chi connectivity index (χ1) is 12.4. The Morgan fingerprint density at radius 1 is 1.15 bits per heavy atom. The van der Waals surface area contributed by atoms with Crippen molar-refractivity contribution in [3.8, 4) is 17.6 Å². The molecule has 7 nitrogen and oxygen atoms in total. The molecule has 0 radical (unpaired) electrons. The Bertz CT molecular complexity index is 881. The van der Waals surface area contributed by atoms with Crippen LogP contribution in [0.1, 0.15) is 11.1 Å². The van der Waals surface area contributed by atoms with Crippen LogP contribution in [0.4, 0.5) is 11.4 Å². The highest BCUT2D eigenvalue weighted by Crippen LogP contribution is 2.38. The van der Waals surface area contributed by atoms with E-state index in [0.717, 1.165) is 11.3 Å². The maximum atomic E-state index is 11.4. The molecule has 0 amide bonds. The predicted octanol–water partition coefficient (Wildman–Crippen LogP) is 3.74.